The lowest BCUT2D eigenvalue weighted by Gasteiger charge is -2.14. The normalized spacial score (nSPS) is 20.3. The van der Waals surface area contributed by atoms with Crippen molar-refractivity contribution in [2.45, 2.75) is 12.5 Å². The Morgan fingerprint density at radius 2 is 2.24 bits per heavy atom. The molecule has 0 aromatic heterocycles. The average molecular weight is 292 g/mol. The van der Waals surface area contributed by atoms with Crippen LogP contribution < -0.4 is 20.5 Å². The maximum Gasteiger partial charge on any atom is 0.231 e. The van der Waals surface area contributed by atoms with Crippen LogP contribution in [0, 0.1) is 5.92 Å². The van der Waals surface area contributed by atoms with Gasteiger partial charge in [0.05, 0.1) is 19.6 Å². The second kappa shape index (κ2) is 7.10. The summed E-state index contributed by atoms with van der Waals surface area (Å²) in [7, 11) is 1.53. The predicted octanol–water partition coefficient (Wildman–Crippen LogP) is 0.908. The lowest BCUT2D eigenvalue weighted by molar-refractivity contribution is -0.118. The third kappa shape index (κ3) is 3.96. The van der Waals surface area contributed by atoms with E-state index in [0.717, 1.165) is 0 Å². The fourth-order valence-corrected chi connectivity index (χ4v) is 2.18. The number of aliphatic hydroxyl groups excluding tert-OH is 1. The van der Waals surface area contributed by atoms with Gasteiger partial charge >= 0.3 is 0 Å². The van der Waals surface area contributed by atoms with Gasteiger partial charge in [-0.15, -0.1) is 0 Å². The number of amides is 1. The van der Waals surface area contributed by atoms with Crippen molar-refractivity contribution >= 4 is 11.6 Å². The van der Waals surface area contributed by atoms with E-state index in [1.165, 1.54) is 7.11 Å². The minimum atomic E-state index is -0.205. The quantitative estimate of drug-likeness (QED) is 0.678. The van der Waals surface area contributed by atoms with Crippen molar-refractivity contribution in [3.05, 3.63) is 30.4 Å². The number of hydrogen-bond acceptors (Lipinski definition) is 5. The number of aliphatic hydroxyl groups is 1. The minimum Gasteiger partial charge on any atom is -0.493 e. The third-order valence-electron chi connectivity index (χ3n) is 3.23. The fraction of sp³-hybridized carbons (Fsp3) is 0.400. The van der Waals surface area contributed by atoms with Gasteiger partial charge in [-0.05, 0) is 18.6 Å². The van der Waals surface area contributed by atoms with Gasteiger partial charge in [-0.3, -0.25) is 4.79 Å². The Balaban J connectivity index is 2.06. The molecule has 0 bridgehead atoms. The van der Waals surface area contributed by atoms with Crippen LogP contribution in [0.4, 0.5) is 5.69 Å². The Kier molecular flexibility index (Phi) is 5.19. The summed E-state index contributed by atoms with van der Waals surface area (Å²) < 4.78 is 10.6. The zero-order valence-electron chi connectivity index (χ0n) is 11.9. The zero-order chi connectivity index (χ0) is 15.2. The van der Waals surface area contributed by atoms with Gasteiger partial charge in [-0.2, -0.15) is 0 Å². The monoisotopic (exact) mass is 292 g/mol. The maximum atomic E-state index is 12.1. The smallest absolute Gasteiger partial charge is 0.231 e. The highest BCUT2D eigenvalue weighted by Gasteiger charge is 2.22. The molecule has 114 valence electrons. The van der Waals surface area contributed by atoms with E-state index in [-0.39, 0.29) is 31.1 Å². The van der Waals surface area contributed by atoms with Crippen molar-refractivity contribution in [2.24, 2.45) is 11.7 Å². The number of benzene rings is 1. The number of ether oxygens (including phenoxy) is 2. The molecule has 4 N–H and O–H groups in total. The van der Waals surface area contributed by atoms with E-state index in [4.69, 9.17) is 20.3 Å². The summed E-state index contributed by atoms with van der Waals surface area (Å²) in [5.74, 6) is 0.716. The van der Waals surface area contributed by atoms with Gasteiger partial charge in [0.2, 0.25) is 5.91 Å². The van der Waals surface area contributed by atoms with E-state index in [1.807, 2.05) is 12.2 Å². The van der Waals surface area contributed by atoms with Crippen LogP contribution in [0.2, 0.25) is 0 Å². The standard InChI is InChI=1S/C15H20N2O4/c1-20-13-5-4-12(9-14(13)21-7-6-18)17-15(19)10-2-3-11(16)8-10/h2-5,9-11,18H,6-8,16H2,1H3,(H,17,19). The van der Waals surface area contributed by atoms with E-state index in [1.54, 1.807) is 18.2 Å². The van der Waals surface area contributed by atoms with Gasteiger partial charge in [0, 0.05) is 17.8 Å². The Labute approximate surface area is 123 Å². The highest BCUT2D eigenvalue weighted by Crippen LogP contribution is 2.30. The average Bonchev–Trinajstić information content (AvgIpc) is 2.92. The van der Waals surface area contributed by atoms with Crippen LogP contribution >= 0.6 is 0 Å². The Hall–Kier alpha value is -2.05. The van der Waals surface area contributed by atoms with E-state index in [0.29, 0.717) is 23.6 Å². The number of carbonyl (C=O) groups excluding carboxylic acids is 1. The van der Waals surface area contributed by atoms with Crippen LogP contribution in [-0.2, 0) is 4.79 Å². The van der Waals surface area contributed by atoms with E-state index < -0.39 is 0 Å². The number of nitrogens with two attached hydrogens (primary N) is 1. The van der Waals surface area contributed by atoms with Gasteiger partial charge in [-0.1, -0.05) is 12.2 Å². The summed E-state index contributed by atoms with van der Waals surface area (Å²) in [6.45, 7) is 0.0679. The highest BCUT2D eigenvalue weighted by atomic mass is 16.5. The summed E-state index contributed by atoms with van der Waals surface area (Å²) in [4.78, 5) is 12.1. The molecule has 1 aliphatic carbocycles. The summed E-state index contributed by atoms with van der Waals surface area (Å²) in [5.41, 5.74) is 6.36. The summed E-state index contributed by atoms with van der Waals surface area (Å²) >= 11 is 0. The van der Waals surface area contributed by atoms with E-state index in [2.05, 4.69) is 5.32 Å². The highest BCUT2D eigenvalue weighted by molar-refractivity contribution is 5.94. The first-order valence-electron chi connectivity index (χ1n) is 6.80. The molecule has 6 nitrogen and oxygen atoms in total. The molecule has 6 heteroatoms. The van der Waals surface area contributed by atoms with Crippen molar-refractivity contribution in [1.29, 1.82) is 0 Å². The molecule has 0 spiro atoms. The molecule has 0 radical (unpaired) electrons. The van der Waals surface area contributed by atoms with Crippen LogP contribution in [0.3, 0.4) is 0 Å². The zero-order valence-corrected chi connectivity index (χ0v) is 11.9. The van der Waals surface area contributed by atoms with Crippen LogP contribution in [0.1, 0.15) is 6.42 Å². The lowest BCUT2D eigenvalue weighted by Crippen LogP contribution is -2.24. The summed E-state index contributed by atoms with van der Waals surface area (Å²) in [5, 5.41) is 11.6. The first-order valence-corrected chi connectivity index (χ1v) is 6.80. The van der Waals surface area contributed by atoms with Crippen LogP contribution in [-0.4, -0.2) is 37.4 Å². The second-order valence-corrected chi connectivity index (χ2v) is 4.82. The number of anilines is 1. The van der Waals surface area contributed by atoms with Crippen molar-refractivity contribution in [2.75, 3.05) is 25.6 Å². The first kappa shape index (κ1) is 15.3. The van der Waals surface area contributed by atoms with Gasteiger partial charge in [0.15, 0.2) is 11.5 Å². The molecule has 2 unspecified atom stereocenters. The Morgan fingerprint density at radius 3 is 2.86 bits per heavy atom. The number of carbonyl (C=O) groups is 1. The molecule has 0 heterocycles. The topological polar surface area (TPSA) is 93.8 Å². The van der Waals surface area contributed by atoms with Gasteiger partial charge < -0.3 is 25.6 Å². The van der Waals surface area contributed by atoms with Crippen molar-refractivity contribution in [3.8, 4) is 11.5 Å². The Bertz CT molecular complexity index is 530. The lowest BCUT2D eigenvalue weighted by atomic mass is 10.1. The molecule has 2 rings (SSSR count). The minimum absolute atomic E-state index is 0.0555. The van der Waals surface area contributed by atoms with E-state index in [9.17, 15) is 4.79 Å². The molecular weight excluding hydrogens is 272 g/mol. The van der Waals surface area contributed by atoms with Crippen molar-refractivity contribution in [1.82, 2.24) is 0 Å². The van der Waals surface area contributed by atoms with Crippen LogP contribution in [0.25, 0.3) is 0 Å². The molecule has 0 fully saturated rings. The molecule has 21 heavy (non-hydrogen) atoms. The maximum absolute atomic E-state index is 12.1. The SMILES string of the molecule is COc1ccc(NC(=O)C2C=CC(N)C2)cc1OCCO. The number of hydrogen-bond donors (Lipinski definition) is 3. The fourth-order valence-electron chi connectivity index (χ4n) is 2.18. The Morgan fingerprint density at radius 1 is 1.43 bits per heavy atom. The molecule has 0 saturated heterocycles. The summed E-state index contributed by atoms with van der Waals surface area (Å²) in [6.07, 6.45) is 4.29. The van der Waals surface area contributed by atoms with Crippen LogP contribution in [0.5, 0.6) is 11.5 Å². The molecule has 2 atom stereocenters. The second-order valence-electron chi connectivity index (χ2n) is 4.82. The molecule has 0 saturated carbocycles. The molecule has 1 aromatic rings. The largest absolute Gasteiger partial charge is 0.493 e. The number of rotatable bonds is 6. The number of methoxy groups -OCH3 is 1. The van der Waals surface area contributed by atoms with Gasteiger partial charge in [0.1, 0.15) is 6.61 Å². The molecule has 1 aliphatic rings. The first-order chi connectivity index (χ1) is 10.1. The molecular formula is C15H20N2O4. The molecule has 1 amide bonds. The third-order valence-corrected chi connectivity index (χ3v) is 3.23. The van der Waals surface area contributed by atoms with Gasteiger partial charge in [0.25, 0.3) is 0 Å². The number of nitrogens with one attached hydrogen (secondary N) is 1. The molecule has 0 aliphatic heterocycles. The van der Waals surface area contributed by atoms with Crippen molar-refractivity contribution in [3.63, 3.8) is 0 Å². The summed E-state index contributed by atoms with van der Waals surface area (Å²) in [6, 6.07) is 5.06. The van der Waals surface area contributed by atoms with E-state index >= 15 is 0 Å². The van der Waals surface area contributed by atoms with Crippen molar-refractivity contribution < 1.29 is 19.4 Å². The predicted molar refractivity (Wildman–Crippen MR) is 79.4 cm³/mol. The van der Waals surface area contributed by atoms with Crippen LogP contribution in [0.15, 0.2) is 30.4 Å². The van der Waals surface area contributed by atoms with Gasteiger partial charge in [-0.25, -0.2) is 0 Å². The molecule has 1 aromatic carbocycles.